The van der Waals surface area contributed by atoms with Gasteiger partial charge in [-0.05, 0) is 53.4 Å². The number of aldehydes is 1. The van der Waals surface area contributed by atoms with E-state index in [1.54, 1.807) is 16.7 Å². The number of carbonyl (C=O) groups is 1. The fourth-order valence-electron chi connectivity index (χ4n) is 4.59. The number of pyridine rings is 1. The molecule has 0 fully saturated rings. The highest BCUT2D eigenvalue weighted by molar-refractivity contribution is 5.87. The maximum atomic E-state index is 13.0. The van der Waals surface area contributed by atoms with Gasteiger partial charge in [-0.15, -0.1) is 0 Å². The Balaban J connectivity index is 1.58. The zero-order valence-corrected chi connectivity index (χ0v) is 17.1. The van der Waals surface area contributed by atoms with Gasteiger partial charge in [0.2, 0.25) is 0 Å². The van der Waals surface area contributed by atoms with Crippen molar-refractivity contribution in [2.75, 3.05) is 6.54 Å². The number of hydrogen-bond acceptors (Lipinski definition) is 3. The van der Waals surface area contributed by atoms with Gasteiger partial charge in [-0.2, -0.15) is 0 Å². The van der Waals surface area contributed by atoms with E-state index in [4.69, 9.17) is 0 Å². The predicted octanol–water partition coefficient (Wildman–Crippen LogP) is 3.76. The second-order valence-corrected chi connectivity index (χ2v) is 7.93. The summed E-state index contributed by atoms with van der Waals surface area (Å²) < 4.78 is 3.94. The van der Waals surface area contributed by atoms with E-state index in [-0.39, 0.29) is 5.56 Å². The average molecular weight is 397 g/mol. The number of benzene rings is 2. The molecule has 0 amide bonds. The van der Waals surface area contributed by atoms with Gasteiger partial charge < -0.3 is 9.88 Å². The summed E-state index contributed by atoms with van der Waals surface area (Å²) in [6, 6.07) is 15.4. The second kappa shape index (κ2) is 7.11. The van der Waals surface area contributed by atoms with Crippen LogP contribution < -0.4 is 10.9 Å². The van der Waals surface area contributed by atoms with Gasteiger partial charge in [-0.25, -0.2) is 0 Å². The van der Waals surface area contributed by atoms with Gasteiger partial charge in [-0.3, -0.25) is 14.2 Å². The van der Waals surface area contributed by atoms with E-state index in [2.05, 4.69) is 29.1 Å². The van der Waals surface area contributed by atoms with Crippen LogP contribution in [-0.2, 0) is 20.0 Å². The molecule has 1 N–H and O–H groups in total. The lowest BCUT2D eigenvalue weighted by Crippen LogP contribution is -2.24. The number of nitrogens with one attached hydrogen (secondary N) is 1. The fraction of sp³-hybridized carbons (Fsp3) is 0.200. The number of nitrogens with zero attached hydrogens (tertiary/aromatic N) is 2. The van der Waals surface area contributed by atoms with Crippen LogP contribution in [0.2, 0.25) is 0 Å². The zero-order chi connectivity index (χ0) is 20.8. The highest BCUT2D eigenvalue weighted by Gasteiger charge is 2.18. The third-order valence-corrected chi connectivity index (χ3v) is 6.16. The number of rotatable bonds is 3. The molecule has 1 aliphatic rings. The lowest BCUT2D eigenvalue weighted by molar-refractivity contribution is 0.112. The molecule has 0 atom stereocenters. The van der Waals surface area contributed by atoms with Crippen molar-refractivity contribution >= 4 is 17.2 Å². The molecule has 5 rings (SSSR count). The first-order valence-corrected chi connectivity index (χ1v) is 10.2. The van der Waals surface area contributed by atoms with Gasteiger partial charge in [0.15, 0.2) is 0 Å². The summed E-state index contributed by atoms with van der Waals surface area (Å²) in [6.45, 7) is 3.84. The molecule has 0 radical (unpaired) electrons. The summed E-state index contributed by atoms with van der Waals surface area (Å²) >= 11 is 0. The van der Waals surface area contributed by atoms with Crippen molar-refractivity contribution < 1.29 is 4.79 Å². The van der Waals surface area contributed by atoms with Crippen LogP contribution in [0.3, 0.4) is 0 Å². The van der Waals surface area contributed by atoms with E-state index < -0.39 is 0 Å². The molecule has 2 aromatic carbocycles. The number of aromatic nitrogens is 2. The molecule has 1 aliphatic heterocycles. The Kier molecular flexibility index (Phi) is 4.40. The van der Waals surface area contributed by atoms with E-state index >= 15 is 0 Å². The van der Waals surface area contributed by atoms with E-state index in [1.165, 1.54) is 16.6 Å². The van der Waals surface area contributed by atoms with Crippen LogP contribution in [0.4, 0.5) is 0 Å². The van der Waals surface area contributed by atoms with Crippen LogP contribution in [0.15, 0.2) is 59.5 Å². The van der Waals surface area contributed by atoms with Crippen LogP contribution in [0.5, 0.6) is 0 Å². The van der Waals surface area contributed by atoms with Crippen molar-refractivity contribution in [2.45, 2.75) is 19.9 Å². The highest BCUT2D eigenvalue weighted by Crippen LogP contribution is 2.29. The first kappa shape index (κ1) is 18.6. The van der Waals surface area contributed by atoms with E-state index in [1.807, 2.05) is 37.4 Å². The average Bonchev–Trinajstić information content (AvgIpc) is 3.05. The molecular weight excluding hydrogens is 374 g/mol. The summed E-state index contributed by atoms with van der Waals surface area (Å²) in [6.07, 6.45) is 3.69. The SMILES string of the molecule is Cc1cc(C=O)ccc1-c1ccn(-c2ccc3c4c(n(C)c3c2)CCNC4)c(=O)c1. The Morgan fingerprint density at radius 1 is 1.07 bits per heavy atom. The standard InChI is InChI=1S/C25H23N3O2/c1-16-11-17(15-29)3-5-20(16)18-8-10-28(25(30)12-18)19-4-6-21-22-14-26-9-7-23(22)27(2)24(21)13-19/h3-6,8,10-13,15,26H,7,9,14H2,1-2H3. The Morgan fingerprint density at radius 2 is 1.93 bits per heavy atom. The van der Waals surface area contributed by atoms with Crippen molar-refractivity contribution in [1.82, 2.24) is 14.5 Å². The molecule has 0 saturated heterocycles. The molecule has 150 valence electrons. The Morgan fingerprint density at radius 3 is 2.70 bits per heavy atom. The summed E-state index contributed by atoms with van der Waals surface area (Å²) in [5.41, 5.74) is 8.09. The molecule has 0 aliphatic carbocycles. The Bertz CT molecular complexity index is 1360. The molecule has 0 unspecified atom stereocenters. The maximum absolute atomic E-state index is 13.0. The second-order valence-electron chi connectivity index (χ2n) is 7.93. The van der Waals surface area contributed by atoms with E-state index in [9.17, 15) is 9.59 Å². The van der Waals surface area contributed by atoms with Gasteiger partial charge in [0.05, 0.1) is 11.2 Å². The molecule has 5 heteroatoms. The largest absolute Gasteiger partial charge is 0.347 e. The van der Waals surface area contributed by atoms with Gasteiger partial charge >= 0.3 is 0 Å². The van der Waals surface area contributed by atoms with Crippen molar-refractivity contribution in [2.24, 2.45) is 7.05 Å². The number of carbonyl (C=O) groups excluding carboxylic acids is 1. The monoisotopic (exact) mass is 397 g/mol. The van der Waals surface area contributed by atoms with Crippen LogP contribution in [0.25, 0.3) is 27.7 Å². The molecule has 2 aromatic heterocycles. The summed E-state index contributed by atoms with van der Waals surface area (Å²) in [4.78, 5) is 23.9. The fourth-order valence-corrected chi connectivity index (χ4v) is 4.59. The zero-order valence-electron chi connectivity index (χ0n) is 17.1. The van der Waals surface area contributed by atoms with Gasteiger partial charge in [0, 0.05) is 55.5 Å². The lowest BCUT2D eigenvalue weighted by Gasteiger charge is -2.14. The van der Waals surface area contributed by atoms with Crippen molar-refractivity contribution in [3.63, 3.8) is 0 Å². The molecule has 30 heavy (non-hydrogen) atoms. The van der Waals surface area contributed by atoms with Gasteiger partial charge in [0.1, 0.15) is 6.29 Å². The lowest BCUT2D eigenvalue weighted by atomic mass is 9.99. The number of fused-ring (bicyclic) bond motifs is 3. The predicted molar refractivity (Wildman–Crippen MR) is 119 cm³/mol. The number of hydrogen-bond donors (Lipinski definition) is 1. The molecule has 3 heterocycles. The minimum Gasteiger partial charge on any atom is -0.347 e. The van der Waals surface area contributed by atoms with Crippen molar-refractivity contribution in [3.8, 4) is 16.8 Å². The van der Waals surface area contributed by atoms with Crippen LogP contribution >= 0.6 is 0 Å². The molecule has 0 saturated carbocycles. The van der Waals surface area contributed by atoms with Gasteiger partial charge in [0.25, 0.3) is 5.56 Å². The highest BCUT2D eigenvalue weighted by atomic mass is 16.1. The third-order valence-electron chi connectivity index (χ3n) is 6.16. The Labute approximate surface area is 174 Å². The van der Waals surface area contributed by atoms with Crippen molar-refractivity contribution in [1.29, 1.82) is 0 Å². The maximum Gasteiger partial charge on any atom is 0.255 e. The molecular formula is C25H23N3O2. The van der Waals surface area contributed by atoms with Gasteiger partial charge in [-0.1, -0.05) is 18.2 Å². The summed E-state index contributed by atoms with van der Waals surface area (Å²) in [5, 5.41) is 4.70. The third kappa shape index (κ3) is 2.90. The molecule has 0 spiro atoms. The van der Waals surface area contributed by atoms with Crippen LogP contribution in [0.1, 0.15) is 27.2 Å². The Hall–Kier alpha value is -3.44. The first-order chi connectivity index (χ1) is 14.6. The number of aryl methyl sites for hydroxylation is 2. The topological polar surface area (TPSA) is 56.0 Å². The summed E-state index contributed by atoms with van der Waals surface area (Å²) in [5.74, 6) is 0. The molecule has 5 nitrogen and oxygen atoms in total. The normalized spacial score (nSPS) is 13.4. The summed E-state index contributed by atoms with van der Waals surface area (Å²) in [7, 11) is 2.11. The smallest absolute Gasteiger partial charge is 0.255 e. The molecule has 4 aromatic rings. The molecule has 0 bridgehead atoms. The van der Waals surface area contributed by atoms with Crippen molar-refractivity contribution in [3.05, 3.63) is 87.5 Å². The first-order valence-electron chi connectivity index (χ1n) is 10.2. The minimum absolute atomic E-state index is 0.0775. The quantitative estimate of drug-likeness (QED) is 0.536. The van der Waals surface area contributed by atoms with E-state index in [0.29, 0.717) is 5.56 Å². The van der Waals surface area contributed by atoms with Crippen LogP contribution in [-0.4, -0.2) is 22.0 Å². The van der Waals surface area contributed by atoms with E-state index in [0.717, 1.165) is 53.7 Å². The van der Waals surface area contributed by atoms with Crippen LogP contribution in [0, 0.1) is 6.92 Å². The minimum atomic E-state index is -0.0775.